The molecule has 4 rings (SSSR count). The van der Waals surface area contributed by atoms with Crippen molar-refractivity contribution in [2.24, 2.45) is 0 Å². The normalized spacial score (nSPS) is 14.4. The minimum atomic E-state index is -0.218. The number of nitrogens with zero attached hydrogens (tertiary/aromatic N) is 4. The van der Waals surface area contributed by atoms with E-state index in [0.717, 1.165) is 24.2 Å². The molecule has 7 nitrogen and oxygen atoms in total. The SMILES string of the molecule is Cc1ncc(C(=O)Nc2ccccc2)c(C2CCN(C(=O)c3cccnc3)CC2)n1. The van der Waals surface area contributed by atoms with Crippen LogP contribution in [0, 0.1) is 6.92 Å². The van der Waals surface area contributed by atoms with E-state index in [9.17, 15) is 9.59 Å². The maximum absolute atomic E-state index is 12.9. The van der Waals surface area contributed by atoms with Gasteiger partial charge in [-0.3, -0.25) is 14.6 Å². The Bertz CT molecular complexity index is 1030. The van der Waals surface area contributed by atoms with Crippen LogP contribution < -0.4 is 5.32 Å². The number of pyridine rings is 1. The number of carbonyl (C=O) groups is 2. The lowest BCUT2D eigenvalue weighted by Crippen LogP contribution is -2.38. The van der Waals surface area contributed by atoms with Gasteiger partial charge in [0.05, 0.1) is 16.8 Å². The van der Waals surface area contributed by atoms with Gasteiger partial charge in [-0.05, 0) is 44.0 Å². The quantitative estimate of drug-likeness (QED) is 0.723. The Morgan fingerprint density at radius 2 is 1.80 bits per heavy atom. The van der Waals surface area contributed by atoms with Gasteiger partial charge in [0.15, 0.2) is 0 Å². The number of aryl methyl sites for hydroxylation is 1. The first-order valence-electron chi connectivity index (χ1n) is 10.0. The summed E-state index contributed by atoms with van der Waals surface area (Å²) in [5, 5.41) is 2.92. The van der Waals surface area contributed by atoms with Gasteiger partial charge in [0.1, 0.15) is 5.82 Å². The first-order chi connectivity index (χ1) is 14.6. The van der Waals surface area contributed by atoms with Crippen molar-refractivity contribution in [1.82, 2.24) is 19.9 Å². The number of anilines is 1. The predicted octanol–water partition coefficient (Wildman–Crippen LogP) is 3.45. The molecule has 0 atom stereocenters. The van der Waals surface area contributed by atoms with Crippen molar-refractivity contribution in [3.05, 3.63) is 83.7 Å². The number of carbonyl (C=O) groups excluding carboxylic acids is 2. The molecule has 3 aromatic rings. The van der Waals surface area contributed by atoms with Crippen LogP contribution in [0.2, 0.25) is 0 Å². The number of amides is 2. The second kappa shape index (κ2) is 8.82. The highest BCUT2D eigenvalue weighted by molar-refractivity contribution is 6.05. The molecule has 1 aliphatic heterocycles. The lowest BCUT2D eigenvalue weighted by Gasteiger charge is -2.32. The van der Waals surface area contributed by atoms with E-state index in [1.54, 1.807) is 30.7 Å². The van der Waals surface area contributed by atoms with Crippen molar-refractivity contribution in [2.45, 2.75) is 25.7 Å². The molecule has 0 bridgehead atoms. The third-order valence-corrected chi connectivity index (χ3v) is 5.29. The Morgan fingerprint density at radius 1 is 1.03 bits per heavy atom. The molecular formula is C23H23N5O2. The molecule has 2 aromatic heterocycles. The Balaban J connectivity index is 1.49. The third kappa shape index (κ3) is 4.35. The van der Waals surface area contributed by atoms with Gasteiger partial charge in [0.2, 0.25) is 0 Å². The zero-order valence-electron chi connectivity index (χ0n) is 16.8. The van der Waals surface area contributed by atoms with Gasteiger partial charge >= 0.3 is 0 Å². The number of hydrogen-bond donors (Lipinski definition) is 1. The van der Waals surface area contributed by atoms with Crippen molar-refractivity contribution < 1.29 is 9.59 Å². The standard InChI is InChI=1S/C23H23N5O2/c1-16-25-15-20(22(29)27-19-7-3-2-4-8-19)21(26-16)17-9-12-28(13-10-17)23(30)18-6-5-11-24-14-18/h2-8,11,14-15,17H,9-10,12-13H2,1H3,(H,27,29). The summed E-state index contributed by atoms with van der Waals surface area (Å²) >= 11 is 0. The van der Waals surface area contributed by atoms with Gasteiger partial charge in [0.25, 0.3) is 11.8 Å². The van der Waals surface area contributed by atoms with Crippen molar-refractivity contribution >= 4 is 17.5 Å². The van der Waals surface area contributed by atoms with Gasteiger partial charge in [-0.1, -0.05) is 18.2 Å². The molecule has 2 amide bonds. The van der Waals surface area contributed by atoms with Gasteiger partial charge in [0, 0.05) is 43.3 Å². The van der Waals surface area contributed by atoms with E-state index in [-0.39, 0.29) is 17.7 Å². The van der Waals surface area contributed by atoms with Crippen LogP contribution >= 0.6 is 0 Å². The topological polar surface area (TPSA) is 88.1 Å². The fourth-order valence-corrected chi connectivity index (χ4v) is 3.72. The van der Waals surface area contributed by atoms with Crippen molar-refractivity contribution in [2.75, 3.05) is 18.4 Å². The van der Waals surface area contributed by atoms with Gasteiger partial charge in [-0.25, -0.2) is 9.97 Å². The third-order valence-electron chi connectivity index (χ3n) is 5.29. The van der Waals surface area contributed by atoms with Crippen LogP contribution in [0.15, 0.2) is 61.1 Å². The van der Waals surface area contributed by atoms with E-state index in [4.69, 9.17) is 0 Å². The van der Waals surface area contributed by atoms with E-state index < -0.39 is 0 Å². The first kappa shape index (κ1) is 19.7. The number of aromatic nitrogens is 3. The monoisotopic (exact) mass is 401 g/mol. The van der Waals surface area contributed by atoms with Gasteiger partial charge in [-0.15, -0.1) is 0 Å². The zero-order valence-corrected chi connectivity index (χ0v) is 16.8. The summed E-state index contributed by atoms with van der Waals surface area (Å²) in [6, 6.07) is 12.9. The second-order valence-corrected chi connectivity index (χ2v) is 7.34. The number of nitrogens with one attached hydrogen (secondary N) is 1. The van der Waals surface area contributed by atoms with Crippen LogP contribution in [0.3, 0.4) is 0 Å². The Kier molecular flexibility index (Phi) is 5.79. The number of hydrogen-bond acceptors (Lipinski definition) is 5. The summed E-state index contributed by atoms with van der Waals surface area (Å²) in [5.74, 6) is 0.504. The van der Waals surface area contributed by atoms with Crippen LogP contribution in [0.5, 0.6) is 0 Å². The highest BCUT2D eigenvalue weighted by atomic mass is 16.2. The molecule has 3 heterocycles. The van der Waals surface area contributed by atoms with E-state index in [2.05, 4.69) is 20.3 Å². The minimum absolute atomic E-state index is 0.0116. The lowest BCUT2D eigenvalue weighted by atomic mass is 9.90. The number of rotatable bonds is 4. The van der Waals surface area contributed by atoms with Crippen LogP contribution in [0.4, 0.5) is 5.69 Å². The average molecular weight is 401 g/mol. The number of benzene rings is 1. The van der Waals surface area contributed by atoms with E-state index in [1.165, 1.54) is 0 Å². The van der Waals surface area contributed by atoms with Crippen molar-refractivity contribution in [3.63, 3.8) is 0 Å². The Morgan fingerprint density at radius 3 is 2.50 bits per heavy atom. The molecule has 0 saturated carbocycles. The van der Waals surface area contributed by atoms with Crippen molar-refractivity contribution in [3.8, 4) is 0 Å². The molecule has 0 radical (unpaired) electrons. The molecule has 0 aliphatic carbocycles. The predicted molar refractivity (Wildman–Crippen MR) is 113 cm³/mol. The van der Waals surface area contributed by atoms with E-state index >= 15 is 0 Å². The second-order valence-electron chi connectivity index (χ2n) is 7.34. The number of para-hydroxylation sites is 1. The molecule has 1 aromatic carbocycles. The highest BCUT2D eigenvalue weighted by Gasteiger charge is 2.28. The zero-order chi connectivity index (χ0) is 20.9. The minimum Gasteiger partial charge on any atom is -0.339 e. The smallest absolute Gasteiger partial charge is 0.259 e. The fraction of sp³-hybridized carbons (Fsp3) is 0.261. The first-order valence-corrected chi connectivity index (χ1v) is 10.0. The Labute approximate surface area is 175 Å². The fourth-order valence-electron chi connectivity index (χ4n) is 3.72. The molecule has 0 spiro atoms. The van der Waals surface area contributed by atoms with E-state index in [0.29, 0.717) is 30.0 Å². The molecule has 30 heavy (non-hydrogen) atoms. The average Bonchev–Trinajstić information content (AvgIpc) is 2.80. The lowest BCUT2D eigenvalue weighted by molar-refractivity contribution is 0.0710. The Hall–Kier alpha value is -3.61. The summed E-state index contributed by atoms with van der Waals surface area (Å²) in [6.07, 6.45) is 6.34. The molecule has 1 saturated heterocycles. The summed E-state index contributed by atoms with van der Waals surface area (Å²) < 4.78 is 0. The largest absolute Gasteiger partial charge is 0.339 e. The van der Waals surface area contributed by atoms with Crippen LogP contribution in [0.1, 0.15) is 51.0 Å². The van der Waals surface area contributed by atoms with Crippen molar-refractivity contribution in [1.29, 1.82) is 0 Å². The van der Waals surface area contributed by atoms with Gasteiger partial charge < -0.3 is 10.2 Å². The summed E-state index contributed by atoms with van der Waals surface area (Å²) in [6.45, 7) is 3.05. The maximum Gasteiger partial charge on any atom is 0.259 e. The van der Waals surface area contributed by atoms with Gasteiger partial charge in [-0.2, -0.15) is 0 Å². The maximum atomic E-state index is 12.9. The van der Waals surface area contributed by atoms with E-state index in [1.807, 2.05) is 42.2 Å². The number of likely N-dealkylation sites (tertiary alicyclic amines) is 1. The molecular weight excluding hydrogens is 378 g/mol. The highest BCUT2D eigenvalue weighted by Crippen LogP contribution is 2.30. The summed E-state index contributed by atoms with van der Waals surface area (Å²) in [4.78, 5) is 40.3. The van der Waals surface area contributed by atoms with Crippen LogP contribution in [0.25, 0.3) is 0 Å². The molecule has 7 heteroatoms. The van der Waals surface area contributed by atoms with Crippen LogP contribution in [-0.4, -0.2) is 44.8 Å². The number of piperidine rings is 1. The van der Waals surface area contributed by atoms with Crippen LogP contribution in [-0.2, 0) is 0 Å². The molecule has 152 valence electrons. The molecule has 1 N–H and O–H groups in total. The molecule has 1 aliphatic rings. The molecule has 1 fully saturated rings. The molecule has 0 unspecified atom stereocenters. The summed E-state index contributed by atoms with van der Waals surface area (Å²) in [5.41, 5.74) is 2.56. The summed E-state index contributed by atoms with van der Waals surface area (Å²) in [7, 11) is 0.